The van der Waals surface area contributed by atoms with Gasteiger partial charge in [0.25, 0.3) is 11.8 Å². The molecule has 0 saturated heterocycles. The molecule has 0 aliphatic carbocycles. The Morgan fingerprint density at radius 3 is 2.35 bits per heavy atom. The number of hydrogen-bond donors (Lipinski definition) is 3. The van der Waals surface area contributed by atoms with Crippen LogP contribution in [0.5, 0.6) is 0 Å². The van der Waals surface area contributed by atoms with Crippen molar-refractivity contribution >= 4 is 33.2 Å². The first-order valence-electron chi connectivity index (χ1n) is 9.18. The van der Waals surface area contributed by atoms with Crippen LogP contribution in [0.15, 0.2) is 39.8 Å². The summed E-state index contributed by atoms with van der Waals surface area (Å²) in [5.74, 6) is -1.18. The maximum atomic E-state index is 12.5. The first-order valence-corrected chi connectivity index (χ1v) is 11.5. The molecule has 3 aromatic rings. The maximum absolute atomic E-state index is 12.5. The van der Waals surface area contributed by atoms with Gasteiger partial charge >= 0.3 is 0 Å². The molecule has 1 aromatic carbocycles. The van der Waals surface area contributed by atoms with Gasteiger partial charge in [-0.15, -0.1) is 11.3 Å². The fraction of sp³-hybridized carbons (Fsp3) is 0.263. The van der Waals surface area contributed by atoms with Crippen LogP contribution in [0.25, 0.3) is 10.6 Å². The summed E-state index contributed by atoms with van der Waals surface area (Å²) in [4.78, 5) is 29.4. The number of nitrogens with one attached hydrogen (secondary N) is 3. The largest absolute Gasteiger partial charge is 0.360 e. The lowest BCUT2D eigenvalue weighted by atomic mass is 10.2. The lowest BCUT2D eigenvalue weighted by Gasteiger charge is -2.14. The van der Waals surface area contributed by atoms with Crippen LogP contribution >= 0.6 is 11.3 Å². The highest BCUT2D eigenvalue weighted by Gasteiger charge is 2.28. The van der Waals surface area contributed by atoms with E-state index >= 15 is 0 Å². The standard InChI is InChI=1S/C19H21N5O5S2/c1-10-15(30-19(20-10)14-8-6-5-7-9-14)18(26)22-21-17(25)12(3)24-31(27,28)16-11(2)23-29-13(16)4/h5-9,12,24H,1-4H3,(H,21,25)(H,22,26)/t12-/m0/s1. The predicted octanol–water partition coefficient (Wildman–Crippen LogP) is 1.85. The molecule has 2 aromatic heterocycles. The smallest absolute Gasteiger partial charge is 0.281 e. The number of hydrazine groups is 1. The van der Waals surface area contributed by atoms with Gasteiger partial charge in [0.15, 0.2) is 5.76 Å². The first kappa shape index (κ1) is 22.6. The first-order chi connectivity index (χ1) is 14.6. The van der Waals surface area contributed by atoms with Gasteiger partial charge in [-0.1, -0.05) is 35.5 Å². The van der Waals surface area contributed by atoms with Crippen LogP contribution in [0.1, 0.15) is 33.7 Å². The monoisotopic (exact) mass is 463 g/mol. The topological polar surface area (TPSA) is 143 Å². The van der Waals surface area contributed by atoms with E-state index in [0.717, 1.165) is 5.56 Å². The van der Waals surface area contributed by atoms with Crippen molar-refractivity contribution in [3.8, 4) is 10.6 Å². The molecule has 3 rings (SSSR count). The third-order valence-electron chi connectivity index (χ3n) is 4.28. The van der Waals surface area contributed by atoms with Gasteiger partial charge in [-0.25, -0.2) is 13.4 Å². The van der Waals surface area contributed by atoms with E-state index in [-0.39, 0.29) is 16.3 Å². The van der Waals surface area contributed by atoms with Gasteiger partial charge in [-0.3, -0.25) is 20.4 Å². The Morgan fingerprint density at radius 2 is 1.74 bits per heavy atom. The fourth-order valence-electron chi connectivity index (χ4n) is 2.80. The quantitative estimate of drug-likeness (QED) is 0.473. The average molecular weight is 464 g/mol. The van der Waals surface area contributed by atoms with Crippen molar-refractivity contribution < 1.29 is 22.5 Å². The van der Waals surface area contributed by atoms with Gasteiger partial charge in [0.05, 0.1) is 11.7 Å². The van der Waals surface area contributed by atoms with Crippen molar-refractivity contribution in [2.75, 3.05) is 0 Å². The summed E-state index contributed by atoms with van der Waals surface area (Å²) in [6.07, 6.45) is 0. The summed E-state index contributed by atoms with van der Waals surface area (Å²) >= 11 is 1.19. The zero-order valence-electron chi connectivity index (χ0n) is 17.2. The van der Waals surface area contributed by atoms with Crippen LogP contribution in [0.4, 0.5) is 0 Å². The molecular weight excluding hydrogens is 442 g/mol. The number of carbonyl (C=O) groups excluding carboxylic acids is 2. The molecule has 0 aliphatic heterocycles. The maximum Gasteiger partial charge on any atom is 0.281 e. The van der Waals surface area contributed by atoms with Crippen molar-refractivity contribution in [2.45, 2.75) is 38.6 Å². The lowest BCUT2D eigenvalue weighted by molar-refractivity contribution is -0.123. The Hall–Kier alpha value is -3.09. The number of carbonyl (C=O) groups is 2. The van der Waals surface area contributed by atoms with Gasteiger partial charge in [0, 0.05) is 5.56 Å². The van der Waals surface area contributed by atoms with Crippen LogP contribution in [0.3, 0.4) is 0 Å². The molecule has 0 fully saturated rings. The normalized spacial score (nSPS) is 12.4. The number of aryl methyl sites for hydroxylation is 3. The number of hydrogen-bond acceptors (Lipinski definition) is 8. The van der Waals surface area contributed by atoms with Crippen LogP contribution in [-0.4, -0.2) is 36.4 Å². The number of sulfonamides is 1. The van der Waals surface area contributed by atoms with Crippen molar-refractivity contribution in [3.63, 3.8) is 0 Å². The van der Waals surface area contributed by atoms with E-state index in [0.29, 0.717) is 15.6 Å². The molecular formula is C19H21N5O5S2. The molecule has 0 bridgehead atoms. The van der Waals surface area contributed by atoms with Crippen molar-refractivity contribution in [2.24, 2.45) is 0 Å². The van der Waals surface area contributed by atoms with Crippen molar-refractivity contribution in [3.05, 3.63) is 52.4 Å². The Balaban J connectivity index is 1.63. The summed E-state index contributed by atoms with van der Waals surface area (Å²) in [6, 6.07) is 8.23. The number of aromatic nitrogens is 2. The third kappa shape index (κ3) is 4.98. The summed E-state index contributed by atoms with van der Waals surface area (Å²) in [6.45, 7) is 5.99. The van der Waals surface area contributed by atoms with Crippen LogP contribution < -0.4 is 15.6 Å². The van der Waals surface area contributed by atoms with E-state index in [1.807, 2.05) is 30.3 Å². The molecule has 31 heavy (non-hydrogen) atoms. The molecule has 3 N–H and O–H groups in total. The summed E-state index contributed by atoms with van der Waals surface area (Å²) in [5.41, 5.74) is 6.10. The number of thiazole rings is 1. The van der Waals surface area contributed by atoms with Gasteiger partial charge in [-0.05, 0) is 27.7 Å². The molecule has 2 amide bonds. The number of nitrogens with zero attached hydrogens (tertiary/aromatic N) is 2. The van der Waals surface area contributed by atoms with E-state index in [2.05, 4.69) is 25.7 Å². The second-order valence-corrected chi connectivity index (χ2v) is 9.39. The Morgan fingerprint density at radius 1 is 1.06 bits per heavy atom. The van der Waals surface area contributed by atoms with Gasteiger partial charge in [-0.2, -0.15) is 4.72 Å². The van der Waals surface area contributed by atoms with Crippen molar-refractivity contribution in [1.82, 2.24) is 25.7 Å². The molecule has 164 valence electrons. The summed E-state index contributed by atoms with van der Waals surface area (Å²) < 4.78 is 32.1. The second-order valence-electron chi connectivity index (χ2n) is 6.74. The molecule has 1 atom stereocenters. The number of benzene rings is 1. The molecule has 10 nitrogen and oxygen atoms in total. The van der Waals surface area contributed by atoms with Crippen LogP contribution in [-0.2, 0) is 14.8 Å². The van der Waals surface area contributed by atoms with E-state index in [1.165, 1.54) is 32.1 Å². The second kappa shape index (κ2) is 8.96. The minimum atomic E-state index is -4.04. The summed E-state index contributed by atoms with van der Waals surface area (Å²) in [5, 5.41) is 4.28. The molecule has 2 heterocycles. The van der Waals surface area contributed by atoms with E-state index in [9.17, 15) is 18.0 Å². The highest BCUT2D eigenvalue weighted by molar-refractivity contribution is 7.89. The Bertz CT molecular complexity index is 1200. The Labute approximate surface area is 183 Å². The molecule has 0 aliphatic rings. The molecule has 0 spiro atoms. The Kier molecular flexibility index (Phi) is 6.53. The lowest BCUT2D eigenvalue weighted by Crippen LogP contribution is -2.51. The average Bonchev–Trinajstić information content (AvgIpc) is 3.28. The van der Waals surface area contributed by atoms with E-state index in [4.69, 9.17) is 4.52 Å². The fourth-order valence-corrected chi connectivity index (χ4v) is 5.30. The minimum absolute atomic E-state index is 0.112. The van der Waals surface area contributed by atoms with Gasteiger partial charge in [0.2, 0.25) is 10.0 Å². The third-order valence-corrected chi connectivity index (χ3v) is 7.27. The predicted molar refractivity (Wildman–Crippen MR) is 114 cm³/mol. The van der Waals surface area contributed by atoms with E-state index in [1.54, 1.807) is 6.92 Å². The van der Waals surface area contributed by atoms with Crippen molar-refractivity contribution in [1.29, 1.82) is 0 Å². The summed E-state index contributed by atoms with van der Waals surface area (Å²) in [7, 11) is -4.04. The van der Waals surface area contributed by atoms with Gasteiger partial charge in [0.1, 0.15) is 20.5 Å². The molecule has 0 saturated carbocycles. The highest BCUT2D eigenvalue weighted by Crippen LogP contribution is 2.27. The van der Waals surface area contributed by atoms with Crippen LogP contribution in [0.2, 0.25) is 0 Å². The zero-order valence-corrected chi connectivity index (χ0v) is 18.8. The highest BCUT2D eigenvalue weighted by atomic mass is 32.2. The van der Waals surface area contributed by atoms with Crippen LogP contribution in [0, 0.1) is 20.8 Å². The number of amides is 2. The number of rotatable bonds is 6. The minimum Gasteiger partial charge on any atom is -0.360 e. The molecule has 0 unspecified atom stereocenters. The SMILES string of the molecule is Cc1nc(-c2ccccc2)sc1C(=O)NNC(=O)[C@H](C)NS(=O)(=O)c1c(C)noc1C. The van der Waals surface area contributed by atoms with Gasteiger partial charge < -0.3 is 4.52 Å². The zero-order chi connectivity index (χ0) is 22.8. The molecule has 0 radical (unpaired) electrons. The molecule has 12 heteroatoms. The van der Waals surface area contributed by atoms with E-state index < -0.39 is 27.9 Å².